The first-order valence-electron chi connectivity index (χ1n) is 10.3. The summed E-state index contributed by atoms with van der Waals surface area (Å²) in [6.07, 6.45) is 0. The van der Waals surface area contributed by atoms with Crippen molar-refractivity contribution in [2.24, 2.45) is 0 Å². The van der Waals surface area contributed by atoms with Gasteiger partial charge in [-0.25, -0.2) is 0 Å². The molecule has 0 bridgehead atoms. The monoisotopic (exact) mass is 520 g/mol. The molecule has 0 amide bonds. The summed E-state index contributed by atoms with van der Waals surface area (Å²) < 4.78 is 18.3. The zero-order valence-corrected chi connectivity index (χ0v) is 19.7. The molecule has 8 nitrogen and oxygen atoms in total. The number of aryl methyl sites for hydroxylation is 1. The van der Waals surface area contributed by atoms with Crippen molar-refractivity contribution >= 4 is 32.7 Å². The van der Waals surface area contributed by atoms with Crippen LogP contribution in [0.25, 0.3) is 11.0 Å². The summed E-state index contributed by atoms with van der Waals surface area (Å²) in [7, 11) is 0. The molecule has 0 saturated carbocycles. The fourth-order valence-electron chi connectivity index (χ4n) is 4.11. The second kappa shape index (κ2) is 8.08. The number of benzene rings is 2. The van der Waals surface area contributed by atoms with Gasteiger partial charge in [0.25, 0.3) is 5.56 Å². The number of aromatic nitrogens is 1. The van der Waals surface area contributed by atoms with Crippen molar-refractivity contribution in [3.8, 4) is 23.4 Å². The fourth-order valence-corrected chi connectivity index (χ4v) is 4.48. The Labute approximate surface area is 201 Å². The third kappa shape index (κ3) is 3.35. The molecule has 3 heterocycles. The van der Waals surface area contributed by atoms with E-state index >= 15 is 0 Å². The number of carbonyl (C=O) groups excluding carboxylic acids is 1. The molecule has 0 radical (unpaired) electrons. The van der Waals surface area contributed by atoms with E-state index in [1.807, 2.05) is 12.1 Å². The molecule has 170 valence electrons. The van der Waals surface area contributed by atoms with Gasteiger partial charge in [-0.05, 0) is 55.3 Å². The van der Waals surface area contributed by atoms with Gasteiger partial charge in [-0.3, -0.25) is 14.2 Å². The Bertz CT molecular complexity index is 1610. The molecule has 0 aliphatic carbocycles. The van der Waals surface area contributed by atoms with Crippen LogP contribution in [0.15, 0.2) is 50.1 Å². The summed E-state index contributed by atoms with van der Waals surface area (Å²) >= 11 is 3.41. The number of hydrogen-bond donors (Lipinski definition) is 1. The number of halogens is 1. The van der Waals surface area contributed by atoms with Gasteiger partial charge >= 0.3 is 0 Å². The van der Waals surface area contributed by atoms with Gasteiger partial charge in [-0.1, -0.05) is 22.0 Å². The molecule has 0 fully saturated rings. The van der Waals surface area contributed by atoms with E-state index in [9.17, 15) is 20.0 Å². The number of carbonyl (C=O) groups is 1. The highest BCUT2D eigenvalue weighted by atomic mass is 79.9. The van der Waals surface area contributed by atoms with E-state index in [1.54, 1.807) is 37.3 Å². The molecule has 2 aromatic heterocycles. The summed E-state index contributed by atoms with van der Waals surface area (Å²) in [5.74, 6) is -0.0348. The molecule has 0 saturated heterocycles. The summed E-state index contributed by atoms with van der Waals surface area (Å²) in [6, 6.07) is 12.3. The minimum absolute atomic E-state index is 0.0312. The Balaban J connectivity index is 1.66. The molecule has 34 heavy (non-hydrogen) atoms. The van der Waals surface area contributed by atoms with E-state index in [0.29, 0.717) is 28.2 Å². The van der Waals surface area contributed by atoms with Crippen molar-refractivity contribution in [3.63, 3.8) is 0 Å². The number of furan rings is 1. The first-order valence-corrected chi connectivity index (χ1v) is 11.1. The molecule has 0 unspecified atom stereocenters. The number of aromatic hydroxyl groups is 1. The predicted molar refractivity (Wildman–Crippen MR) is 126 cm³/mol. The normalized spacial score (nSPS) is 12.2. The molecule has 1 N–H and O–H groups in total. The molecule has 2 aromatic carbocycles. The van der Waals surface area contributed by atoms with Gasteiger partial charge < -0.3 is 19.0 Å². The highest BCUT2D eigenvalue weighted by Crippen LogP contribution is 2.34. The van der Waals surface area contributed by atoms with Crippen LogP contribution in [0.1, 0.15) is 38.4 Å². The fraction of sp³-hybridized carbons (Fsp3) is 0.160. The maximum Gasteiger partial charge on any atom is 0.271 e. The van der Waals surface area contributed by atoms with E-state index in [2.05, 4.69) is 15.9 Å². The van der Waals surface area contributed by atoms with Crippen LogP contribution in [0.2, 0.25) is 0 Å². The molecule has 1 aliphatic rings. The van der Waals surface area contributed by atoms with E-state index in [-0.39, 0.29) is 35.8 Å². The minimum Gasteiger partial charge on any atom is -0.494 e. The number of pyridine rings is 1. The van der Waals surface area contributed by atoms with Gasteiger partial charge in [0.1, 0.15) is 17.2 Å². The van der Waals surface area contributed by atoms with Crippen LogP contribution in [-0.2, 0) is 6.54 Å². The van der Waals surface area contributed by atoms with Crippen molar-refractivity contribution in [3.05, 3.63) is 84.8 Å². The maximum absolute atomic E-state index is 13.6. The Hall–Kier alpha value is -4.03. The van der Waals surface area contributed by atoms with Crippen LogP contribution >= 0.6 is 15.9 Å². The summed E-state index contributed by atoms with van der Waals surface area (Å²) in [5, 5.41) is 21.5. The van der Waals surface area contributed by atoms with Crippen molar-refractivity contribution in [2.75, 3.05) is 6.79 Å². The average Bonchev–Trinajstić information content (AvgIpc) is 3.41. The van der Waals surface area contributed by atoms with Gasteiger partial charge in [0.2, 0.25) is 18.5 Å². The number of hydrogen-bond acceptors (Lipinski definition) is 7. The van der Waals surface area contributed by atoms with Crippen molar-refractivity contribution in [2.45, 2.75) is 20.4 Å². The number of nitriles is 1. The topological polar surface area (TPSA) is 115 Å². The third-order valence-electron chi connectivity index (χ3n) is 5.91. The lowest BCUT2D eigenvalue weighted by atomic mass is 9.98. The van der Waals surface area contributed by atoms with Crippen molar-refractivity contribution in [1.82, 2.24) is 4.57 Å². The molecule has 9 heteroatoms. The highest BCUT2D eigenvalue weighted by Gasteiger charge is 2.29. The maximum atomic E-state index is 13.6. The third-order valence-corrected chi connectivity index (χ3v) is 6.40. The Morgan fingerprint density at radius 3 is 2.68 bits per heavy atom. The SMILES string of the molecule is Cc1c(C(=O)c2oc3ccc(Br)cc3c2C)c(O)n(Cc2ccc3c(c2)OCO3)c(=O)c1C#N. The van der Waals surface area contributed by atoms with Gasteiger partial charge in [0.15, 0.2) is 17.3 Å². The van der Waals surface area contributed by atoms with Crippen LogP contribution < -0.4 is 15.0 Å². The van der Waals surface area contributed by atoms with Crippen LogP contribution in [0.5, 0.6) is 17.4 Å². The predicted octanol–water partition coefficient (Wildman–Crippen LogP) is 4.56. The van der Waals surface area contributed by atoms with E-state index in [1.165, 1.54) is 6.92 Å². The summed E-state index contributed by atoms with van der Waals surface area (Å²) in [6.45, 7) is 3.22. The second-order valence-electron chi connectivity index (χ2n) is 7.92. The van der Waals surface area contributed by atoms with Gasteiger partial charge in [-0.15, -0.1) is 0 Å². The molecule has 4 aromatic rings. The summed E-state index contributed by atoms with van der Waals surface area (Å²) in [5.41, 5.74) is 0.742. The highest BCUT2D eigenvalue weighted by molar-refractivity contribution is 9.10. The molecule has 5 rings (SSSR count). The average molecular weight is 521 g/mol. The number of ether oxygens (including phenoxy) is 2. The van der Waals surface area contributed by atoms with E-state index in [4.69, 9.17) is 13.9 Å². The molecule has 1 aliphatic heterocycles. The van der Waals surface area contributed by atoms with Crippen molar-refractivity contribution in [1.29, 1.82) is 5.26 Å². The van der Waals surface area contributed by atoms with Crippen LogP contribution in [0, 0.1) is 25.2 Å². The number of nitrogens with zero attached hydrogens (tertiary/aromatic N) is 2. The molecule has 0 spiro atoms. The number of ketones is 1. The lowest BCUT2D eigenvalue weighted by Crippen LogP contribution is -2.27. The summed E-state index contributed by atoms with van der Waals surface area (Å²) in [4.78, 5) is 26.6. The van der Waals surface area contributed by atoms with Gasteiger partial charge in [0, 0.05) is 15.4 Å². The van der Waals surface area contributed by atoms with Crippen LogP contribution in [0.4, 0.5) is 0 Å². The van der Waals surface area contributed by atoms with Crippen molar-refractivity contribution < 1.29 is 23.8 Å². The molecular weight excluding hydrogens is 504 g/mol. The van der Waals surface area contributed by atoms with E-state index in [0.717, 1.165) is 14.4 Å². The zero-order valence-electron chi connectivity index (χ0n) is 18.1. The number of rotatable bonds is 4. The zero-order chi connectivity index (χ0) is 24.1. The minimum atomic E-state index is -0.697. The largest absolute Gasteiger partial charge is 0.494 e. The lowest BCUT2D eigenvalue weighted by molar-refractivity contribution is 0.101. The second-order valence-corrected chi connectivity index (χ2v) is 8.83. The lowest BCUT2D eigenvalue weighted by Gasteiger charge is -2.15. The Morgan fingerprint density at radius 2 is 1.91 bits per heavy atom. The first kappa shape index (κ1) is 21.8. The smallest absolute Gasteiger partial charge is 0.271 e. The van der Waals surface area contributed by atoms with E-state index < -0.39 is 17.2 Å². The molecular formula is C25H17BrN2O6. The Kier molecular flexibility index (Phi) is 5.18. The van der Waals surface area contributed by atoms with Gasteiger partial charge in [-0.2, -0.15) is 5.26 Å². The van der Waals surface area contributed by atoms with Gasteiger partial charge in [0.05, 0.1) is 12.1 Å². The van der Waals surface area contributed by atoms with Crippen LogP contribution in [-0.4, -0.2) is 22.2 Å². The first-order chi connectivity index (χ1) is 16.3. The quantitative estimate of drug-likeness (QED) is 0.392. The standard InChI is InChI=1S/C25H17BrN2O6/c1-12-17(9-27)24(30)28(10-14-3-5-19-20(7-14)33-11-32-19)25(31)21(12)22(29)23-13(2)16-8-15(26)4-6-18(16)34-23/h3-8,31H,10-11H2,1-2H3. The number of fused-ring (bicyclic) bond motifs is 2. The Morgan fingerprint density at radius 1 is 1.15 bits per heavy atom. The van der Waals surface area contributed by atoms with Crippen LogP contribution in [0.3, 0.4) is 0 Å². The molecule has 0 atom stereocenters.